The molecule has 0 heterocycles. The van der Waals surface area contributed by atoms with E-state index in [-0.39, 0.29) is 19.0 Å². The van der Waals surface area contributed by atoms with Crippen molar-refractivity contribution >= 4 is 21.6 Å². The van der Waals surface area contributed by atoms with Crippen LogP contribution in [-0.2, 0) is 0 Å². The maximum Gasteiger partial charge on any atom is 0.147 e. The van der Waals surface area contributed by atoms with Crippen molar-refractivity contribution in [3.63, 3.8) is 0 Å². The predicted molar refractivity (Wildman–Crippen MR) is 85.3 cm³/mol. The molecule has 2 aromatic carbocycles. The molecule has 0 aliphatic carbocycles. The fourth-order valence-corrected chi connectivity index (χ4v) is 2.33. The van der Waals surface area contributed by atoms with Crippen molar-refractivity contribution in [3.05, 3.63) is 58.3 Å². The maximum absolute atomic E-state index is 13.6. The molecule has 0 bridgehead atoms. The third-order valence-electron chi connectivity index (χ3n) is 3.00. The first kappa shape index (κ1) is 15.8. The van der Waals surface area contributed by atoms with E-state index in [1.54, 1.807) is 12.1 Å². The fourth-order valence-electron chi connectivity index (χ4n) is 1.85. The van der Waals surface area contributed by atoms with Crippen LogP contribution >= 0.6 is 15.9 Å². The zero-order valence-electron chi connectivity index (χ0n) is 11.6. The number of ether oxygens (including phenoxy) is 1. The zero-order chi connectivity index (χ0) is 15.2. The topological polar surface area (TPSA) is 41.5 Å². The lowest BCUT2D eigenvalue weighted by molar-refractivity contribution is 0.117. The molecular formula is C16H17BrFNO2. The Hall–Kier alpha value is -1.59. The van der Waals surface area contributed by atoms with Crippen LogP contribution in [0.15, 0.2) is 46.9 Å². The van der Waals surface area contributed by atoms with Gasteiger partial charge in [-0.2, -0.15) is 0 Å². The second-order valence-corrected chi connectivity index (χ2v) is 5.56. The standard InChI is InChI=1S/C16H17BrFNO2/c1-11-5-2-3-8-15(11)21-10-12(20)9-19-16-13(17)6-4-7-14(16)18/h2-8,12,19-20H,9-10H2,1H3. The number of nitrogens with one attached hydrogen (secondary N) is 1. The summed E-state index contributed by atoms with van der Waals surface area (Å²) in [6.07, 6.45) is -0.740. The molecule has 0 aliphatic rings. The van der Waals surface area contributed by atoms with Gasteiger partial charge in [0.05, 0.1) is 5.69 Å². The number of para-hydroxylation sites is 2. The molecule has 21 heavy (non-hydrogen) atoms. The molecule has 0 spiro atoms. The van der Waals surface area contributed by atoms with Gasteiger partial charge in [-0.1, -0.05) is 24.3 Å². The Morgan fingerprint density at radius 3 is 2.71 bits per heavy atom. The minimum absolute atomic E-state index is 0.143. The van der Waals surface area contributed by atoms with Crippen LogP contribution in [0.5, 0.6) is 5.75 Å². The summed E-state index contributed by atoms with van der Waals surface area (Å²) >= 11 is 3.27. The Bertz CT molecular complexity index is 586. The summed E-state index contributed by atoms with van der Waals surface area (Å²) in [7, 11) is 0. The molecule has 3 nitrogen and oxygen atoms in total. The number of hydrogen-bond donors (Lipinski definition) is 2. The van der Waals surface area contributed by atoms with E-state index in [1.807, 2.05) is 31.2 Å². The minimum Gasteiger partial charge on any atom is -0.491 e. The average molecular weight is 354 g/mol. The fraction of sp³-hybridized carbons (Fsp3) is 0.250. The summed E-state index contributed by atoms with van der Waals surface area (Å²) in [6, 6.07) is 12.3. The van der Waals surface area contributed by atoms with Gasteiger partial charge in [0.1, 0.15) is 24.3 Å². The molecule has 1 atom stereocenters. The SMILES string of the molecule is Cc1ccccc1OCC(O)CNc1c(F)cccc1Br. The smallest absolute Gasteiger partial charge is 0.147 e. The van der Waals surface area contributed by atoms with E-state index in [0.717, 1.165) is 11.3 Å². The molecule has 0 radical (unpaired) electrons. The Morgan fingerprint density at radius 2 is 2.00 bits per heavy atom. The molecule has 5 heteroatoms. The Morgan fingerprint density at radius 1 is 1.24 bits per heavy atom. The van der Waals surface area contributed by atoms with Crippen molar-refractivity contribution in [2.45, 2.75) is 13.0 Å². The van der Waals surface area contributed by atoms with Crippen molar-refractivity contribution in [1.29, 1.82) is 0 Å². The number of benzene rings is 2. The van der Waals surface area contributed by atoms with Gasteiger partial charge in [0, 0.05) is 11.0 Å². The van der Waals surface area contributed by atoms with Crippen molar-refractivity contribution in [2.24, 2.45) is 0 Å². The molecule has 1 unspecified atom stereocenters. The number of aryl methyl sites for hydroxylation is 1. The molecule has 112 valence electrons. The van der Waals surface area contributed by atoms with Crippen LogP contribution in [0.25, 0.3) is 0 Å². The molecule has 0 fully saturated rings. The number of rotatable bonds is 6. The molecule has 0 saturated carbocycles. The van der Waals surface area contributed by atoms with Gasteiger partial charge >= 0.3 is 0 Å². The number of aliphatic hydroxyl groups is 1. The van der Waals surface area contributed by atoms with E-state index >= 15 is 0 Å². The zero-order valence-corrected chi connectivity index (χ0v) is 13.2. The van der Waals surface area contributed by atoms with Crippen molar-refractivity contribution in [3.8, 4) is 5.75 Å². The van der Waals surface area contributed by atoms with Crippen LogP contribution in [0.4, 0.5) is 10.1 Å². The van der Waals surface area contributed by atoms with E-state index in [2.05, 4.69) is 21.2 Å². The third-order valence-corrected chi connectivity index (χ3v) is 3.66. The molecule has 0 aromatic heterocycles. The quantitative estimate of drug-likeness (QED) is 0.830. The molecule has 0 aliphatic heterocycles. The van der Waals surface area contributed by atoms with Crippen LogP contribution in [-0.4, -0.2) is 24.4 Å². The lowest BCUT2D eigenvalue weighted by Gasteiger charge is -2.16. The highest BCUT2D eigenvalue weighted by atomic mass is 79.9. The van der Waals surface area contributed by atoms with Gasteiger partial charge in [-0.3, -0.25) is 0 Å². The van der Waals surface area contributed by atoms with Gasteiger partial charge in [0.15, 0.2) is 0 Å². The normalized spacial score (nSPS) is 12.0. The monoisotopic (exact) mass is 353 g/mol. The van der Waals surface area contributed by atoms with Gasteiger partial charge in [-0.25, -0.2) is 4.39 Å². The summed E-state index contributed by atoms with van der Waals surface area (Å²) < 4.78 is 19.8. The number of anilines is 1. The third kappa shape index (κ3) is 4.44. The van der Waals surface area contributed by atoms with Crippen LogP contribution in [0, 0.1) is 12.7 Å². The van der Waals surface area contributed by atoms with Crippen LogP contribution in [0.1, 0.15) is 5.56 Å². The van der Waals surface area contributed by atoms with Gasteiger partial charge in [-0.05, 0) is 46.6 Å². The largest absolute Gasteiger partial charge is 0.491 e. The van der Waals surface area contributed by atoms with E-state index in [4.69, 9.17) is 4.74 Å². The lowest BCUT2D eigenvalue weighted by Crippen LogP contribution is -2.26. The molecule has 2 N–H and O–H groups in total. The minimum atomic E-state index is -0.740. The summed E-state index contributed by atoms with van der Waals surface area (Å²) in [5, 5.41) is 12.8. The van der Waals surface area contributed by atoms with Crippen molar-refractivity contribution in [2.75, 3.05) is 18.5 Å². The highest BCUT2D eigenvalue weighted by Gasteiger charge is 2.10. The predicted octanol–water partition coefficient (Wildman–Crippen LogP) is 3.75. The van der Waals surface area contributed by atoms with Crippen LogP contribution in [0.3, 0.4) is 0 Å². The summed E-state index contributed by atoms with van der Waals surface area (Å²) in [5.74, 6) is 0.375. The first-order chi connectivity index (χ1) is 10.1. The molecule has 0 amide bonds. The van der Waals surface area contributed by atoms with E-state index < -0.39 is 6.10 Å². The first-order valence-electron chi connectivity index (χ1n) is 6.62. The molecule has 0 saturated heterocycles. The highest BCUT2D eigenvalue weighted by molar-refractivity contribution is 9.10. The Labute approximate surface area is 131 Å². The first-order valence-corrected chi connectivity index (χ1v) is 7.41. The van der Waals surface area contributed by atoms with Crippen molar-refractivity contribution in [1.82, 2.24) is 0 Å². The van der Waals surface area contributed by atoms with E-state index in [9.17, 15) is 9.50 Å². The van der Waals surface area contributed by atoms with Crippen molar-refractivity contribution < 1.29 is 14.2 Å². The second kappa shape index (κ2) is 7.43. The highest BCUT2D eigenvalue weighted by Crippen LogP contribution is 2.25. The van der Waals surface area contributed by atoms with Crippen LogP contribution in [0.2, 0.25) is 0 Å². The van der Waals surface area contributed by atoms with Gasteiger partial charge in [-0.15, -0.1) is 0 Å². The summed E-state index contributed by atoms with van der Waals surface area (Å²) in [5.41, 5.74) is 1.35. The number of aliphatic hydroxyl groups excluding tert-OH is 1. The summed E-state index contributed by atoms with van der Waals surface area (Å²) in [6.45, 7) is 2.28. The van der Waals surface area contributed by atoms with E-state index in [1.165, 1.54) is 6.07 Å². The average Bonchev–Trinajstić information content (AvgIpc) is 2.46. The van der Waals surface area contributed by atoms with Crippen LogP contribution < -0.4 is 10.1 Å². The Kier molecular flexibility index (Phi) is 5.59. The number of hydrogen-bond acceptors (Lipinski definition) is 3. The van der Waals surface area contributed by atoms with Gasteiger partial charge < -0.3 is 15.2 Å². The summed E-state index contributed by atoms with van der Waals surface area (Å²) in [4.78, 5) is 0. The molecular weight excluding hydrogens is 337 g/mol. The maximum atomic E-state index is 13.6. The second-order valence-electron chi connectivity index (χ2n) is 4.71. The lowest BCUT2D eigenvalue weighted by atomic mass is 10.2. The van der Waals surface area contributed by atoms with Gasteiger partial charge in [0.25, 0.3) is 0 Å². The number of halogens is 2. The molecule has 2 rings (SSSR count). The van der Waals surface area contributed by atoms with Gasteiger partial charge in [0.2, 0.25) is 0 Å². The molecule has 2 aromatic rings. The Balaban J connectivity index is 1.85. The van der Waals surface area contributed by atoms with E-state index in [0.29, 0.717) is 10.2 Å².